The molecule has 0 aliphatic carbocycles. The summed E-state index contributed by atoms with van der Waals surface area (Å²) in [5.41, 5.74) is 1.70. The third kappa shape index (κ3) is 4.43. The number of benzene rings is 1. The van der Waals surface area contributed by atoms with Gasteiger partial charge >= 0.3 is 0 Å². The van der Waals surface area contributed by atoms with Crippen LogP contribution in [0.3, 0.4) is 0 Å². The zero-order valence-electron chi connectivity index (χ0n) is 12.9. The summed E-state index contributed by atoms with van der Waals surface area (Å²) in [6.45, 7) is 0.379. The van der Waals surface area contributed by atoms with E-state index in [1.807, 2.05) is 12.1 Å². The number of rotatable bonds is 5. The first-order valence-electron chi connectivity index (χ1n) is 7.33. The molecule has 0 fully saturated rings. The fourth-order valence-corrected chi connectivity index (χ4v) is 2.56. The monoisotopic (exact) mass is 373 g/mol. The molecule has 8 heteroatoms. The number of hydrogen-bond donors (Lipinski definition) is 2. The Kier molecular flexibility index (Phi) is 5.42. The van der Waals surface area contributed by atoms with Gasteiger partial charge in [-0.05, 0) is 29.8 Å². The van der Waals surface area contributed by atoms with Gasteiger partial charge in [0.2, 0.25) is 0 Å². The first-order chi connectivity index (χ1) is 12.1. The number of carbonyl (C=O) groups is 1. The van der Waals surface area contributed by atoms with Gasteiger partial charge in [0.25, 0.3) is 5.91 Å². The molecule has 0 spiro atoms. The molecule has 0 saturated heterocycles. The molecule has 0 aliphatic heterocycles. The van der Waals surface area contributed by atoms with E-state index in [2.05, 4.69) is 25.6 Å². The predicted octanol–water partition coefficient (Wildman–Crippen LogP) is 3.85. The highest BCUT2D eigenvalue weighted by Crippen LogP contribution is 2.31. The second-order valence-electron chi connectivity index (χ2n) is 5.05. The lowest BCUT2D eigenvalue weighted by Gasteiger charge is -2.10. The van der Waals surface area contributed by atoms with E-state index in [0.717, 1.165) is 5.56 Å². The molecular formula is C17H13Cl2N5O. The van der Waals surface area contributed by atoms with E-state index in [1.165, 1.54) is 12.4 Å². The van der Waals surface area contributed by atoms with Crippen LogP contribution in [0.4, 0.5) is 11.5 Å². The number of carbonyl (C=O) groups excluding carboxylic acids is 1. The van der Waals surface area contributed by atoms with Gasteiger partial charge in [0.15, 0.2) is 0 Å². The Morgan fingerprint density at radius 2 is 1.76 bits per heavy atom. The normalized spacial score (nSPS) is 10.3. The Bertz CT molecular complexity index is 869. The first kappa shape index (κ1) is 17.1. The van der Waals surface area contributed by atoms with Crippen LogP contribution < -0.4 is 10.6 Å². The summed E-state index contributed by atoms with van der Waals surface area (Å²) in [6, 6.07) is 10.3. The fraction of sp³-hybridized carbons (Fsp3) is 0.0588. The highest BCUT2D eigenvalue weighted by molar-refractivity contribution is 6.39. The molecular weight excluding hydrogens is 361 g/mol. The largest absolute Gasteiger partial charge is 0.347 e. The van der Waals surface area contributed by atoms with E-state index in [1.54, 1.807) is 30.6 Å². The number of nitrogens with one attached hydrogen (secondary N) is 2. The molecule has 0 bridgehead atoms. The number of pyridine rings is 1. The molecule has 1 amide bonds. The van der Waals surface area contributed by atoms with E-state index in [0.29, 0.717) is 28.1 Å². The smallest absolute Gasteiger partial charge is 0.270 e. The summed E-state index contributed by atoms with van der Waals surface area (Å²) < 4.78 is 0. The van der Waals surface area contributed by atoms with Gasteiger partial charge in [0.05, 0.1) is 15.7 Å². The summed E-state index contributed by atoms with van der Waals surface area (Å²) in [4.78, 5) is 24.3. The van der Waals surface area contributed by atoms with Gasteiger partial charge in [0.1, 0.15) is 17.8 Å². The molecule has 25 heavy (non-hydrogen) atoms. The fourth-order valence-electron chi connectivity index (χ4n) is 2.07. The predicted molar refractivity (Wildman–Crippen MR) is 97.2 cm³/mol. The van der Waals surface area contributed by atoms with E-state index in [4.69, 9.17) is 23.2 Å². The van der Waals surface area contributed by atoms with Crippen LogP contribution in [0.5, 0.6) is 0 Å². The van der Waals surface area contributed by atoms with Crippen LogP contribution in [0.15, 0.2) is 55.1 Å². The van der Waals surface area contributed by atoms with Crippen LogP contribution >= 0.6 is 23.2 Å². The lowest BCUT2D eigenvalue weighted by molar-refractivity contribution is 0.0946. The average molecular weight is 374 g/mol. The van der Waals surface area contributed by atoms with Crippen molar-refractivity contribution in [1.29, 1.82) is 0 Å². The van der Waals surface area contributed by atoms with Gasteiger partial charge in [-0.1, -0.05) is 29.3 Å². The molecule has 0 aliphatic rings. The quantitative estimate of drug-likeness (QED) is 0.709. The minimum atomic E-state index is -0.312. The minimum Gasteiger partial charge on any atom is -0.347 e. The molecule has 2 N–H and O–H groups in total. The zero-order chi connectivity index (χ0) is 17.6. The summed E-state index contributed by atoms with van der Waals surface area (Å²) in [5.74, 6) is 0.103. The lowest BCUT2D eigenvalue weighted by Crippen LogP contribution is -2.24. The molecule has 0 radical (unpaired) electrons. The Labute approximate surface area is 154 Å². The van der Waals surface area contributed by atoms with Crippen molar-refractivity contribution >= 4 is 40.6 Å². The number of anilines is 2. The summed E-state index contributed by atoms with van der Waals surface area (Å²) in [5, 5.41) is 6.71. The molecule has 0 atom stereocenters. The molecule has 3 aromatic rings. The van der Waals surface area contributed by atoms with E-state index < -0.39 is 0 Å². The van der Waals surface area contributed by atoms with Crippen molar-refractivity contribution in [2.24, 2.45) is 0 Å². The van der Waals surface area contributed by atoms with Gasteiger partial charge in [-0.2, -0.15) is 0 Å². The molecule has 3 rings (SSSR count). The number of amides is 1. The molecule has 0 unspecified atom stereocenters. The molecule has 6 nitrogen and oxygen atoms in total. The number of aromatic nitrogens is 3. The molecule has 1 aromatic carbocycles. The van der Waals surface area contributed by atoms with Crippen molar-refractivity contribution in [2.45, 2.75) is 6.54 Å². The first-order valence-corrected chi connectivity index (χ1v) is 8.09. The summed E-state index contributed by atoms with van der Waals surface area (Å²) in [6.07, 6.45) is 4.64. The van der Waals surface area contributed by atoms with Crippen molar-refractivity contribution in [2.75, 3.05) is 5.32 Å². The van der Waals surface area contributed by atoms with Gasteiger partial charge < -0.3 is 10.6 Å². The number of nitrogens with zero attached hydrogens (tertiary/aromatic N) is 3. The van der Waals surface area contributed by atoms with Gasteiger partial charge in [0, 0.05) is 25.0 Å². The Morgan fingerprint density at radius 3 is 2.48 bits per heavy atom. The van der Waals surface area contributed by atoms with Crippen molar-refractivity contribution < 1.29 is 4.79 Å². The van der Waals surface area contributed by atoms with E-state index in [-0.39, 0.29) is 11.6 Å². The standard InChI is InChI=1S/C17H13Cl2N5O/c18-12-2-1-3-13(19)16(12)24-15-8-14(22-10-23-15)17(25)21-9-11-4-6-20-7-5-11/h1-8,10H,9H2,(H,21,25)(H,22,23,24). The van der Waals surface area contributed by atoms with Crippen LogP contribution in [0, 0.1) is 0 Å². The maximum absolute atomic E-state index is 12.3. The van der Waals surface area contributed by atoms with Gasteiger partial charge in [-0.3, -0.25) is 9.78 Å². The van der Waals surface area contributed by atoms with Gasteiger partial charge in [-0.25, -0.2) is 9.97 Å². The number of hydrogen-bond acceptors (Lipinski definition) is 5. The summed E-state index contributed by atoms with van der Waals surface area (Å²) in [7, 11) is 0. The van der Waals surface area contributed by atoms with Crippen molar-refractivity contribution in [3.63, 3.8) is 0 Å². The van der Waals surface area contributed by atoms with Crippen molar-refractivity contribution in [1.82, 2.24) is 20.3 Å². The second-order valence-corrected chi connectivity index (χ2v) is 5.86. The van der Waals surface area contributed by atoms with Crippen LogP contribution in [0.2, 0.25) is 10.0 Å². The van der Waals surface area contributed by atoms with Crippen molar-refractivity contribution in [3.05, 3.63) is 76.4 Å². The topological polar surface area (TPSA) is 79.8 Å². The second kappa shape index (κ2) is 7.92. The van der Waals surface area contributed by atoms with Crippen LogP contribution in [-0.4, -0.2) is 20.9 Å². The minimum absolute atomic E-state index is 0.231. The van der Waals surface area contributed by atoms with E-state index in [9.17, 15) is 4.79 Å². The Hall–Kier alpha value is -2.70. The SMILES string of the molecule is O=C(NCc1ccncc1)c1cc(Nc2c(Cl)cccc2Cl)ncn1. The average Bonchev–Trinajstić information content (AvgIpc) is 2.64. The molecule has 2 heterocycles. The molecule has 2 aromatic heterocycles. The maximum atomic E-state index is 12.3. The third-order valence-corrected chi connectivity index (χ3v) is 3.95. The van der Waals surface area contributed by atoms with Crippen LogP contribution in [0.25, 0.3) is 0 Å². The zero-order valence-corrected chi connectivity index (χ0v) is 14.4. The maximum Gasteiger partial charge on any atom is 0.270 e. The van der Waals surface area contributed by atoms with Crippen molar-refractivity contribution in [3.8, 4) is 0 Å². The highest BCUT2D eigenvalue weighted by Gasteiger charge is 2.11. The Balaban J connectivity index is 1.72. The number of halogens is 2. The van der Waals surface area contributed by atoms with Crippen LogP contribution in [0.1, 0.15) is 16.1 Å². The van der Waals surface area contributed by atoms with E-state index >= 15 is 0 Å². The van der Waals surface area contributed by atoms with Crippen LogP contribution in [-0.2, 0) is 6.54 Å². The molecule has 0 saturated carbocycles. The highest BCUT2D eigenvalue weighted by atomic mass is 35.5. The van der Waals surface area contributed by atoms with Gasteiger partial charge in [-0.15, -0.1) is 0 Å². The summed E-state index contributed by atoms with van der Waals surface area (Å²) >= 11 is 12.2. The lowest BCUT2D eigenvalue weighted by atomic mass is 10.2. The number of para-hydroxylation sites is 1. The third-order valence-electron chi connectivity index (χ3n) is 3.32. The Morgan fingerprint density at radius 1 is 1.04 bits per heavy atom. The molecule has 126 valence electrons.